The molecule has 0 aliphatic carbocycles. The molecular formula is C23H35N7O2. The van der Waals surface area contributed by atoms with Crippen molar-refractivity contribution in [1.29, 1.82) is 0 Å². The van der Waals surface area contributed by atoms with Gasteiger partial charge in [-0.3, -0.25) is 0 Å². The molecule has 0 saturated carbocycles. The van der Waals surface area contributed by atoms with Gasteiger partial charge in [0.2, 0.25) is 0 Å². The van der Waals surface area contributed by atoms with Crippen LogP contribution in [0.3, 0.4) is 0 Å². The first kappa shape index (κ1) is 22.4. The highest BCUT2D eigenvalue weighted by molar-refractivity contribution is 5.80. The number of aliphatic imine (C=N–C) groups is 1. The van der Waals surface area contributed by atoms with E-state index in [2.05, 4.69) is 37.9 Å². The third kappa shape index (κ3) is 5.70. The van der Waals surface area contributed by atoms with Crippen LogP contribution in [0.2, 0.25) is 0 Å². The molecule has 2 aromatic rings. The molecule has 2 atom stereocenters. The number of ether oxygens (including phenoxy) is 2. The Hall–Kier alpha value is -2.81. The fourth-order valence-electron chi connectivity index (χ4n) is 4.24. The number of nitrogens with one attached hydrogen (secondary N) is 2. The molecule has 0 spiro atoms. The Morgan fingerprint density at radius 2 is 2.19 bits per heavy atom. The van der Waals surface area contributed by atoms with E-state index in [0.717, 1.165) is 75.3 Å². The molecule has 9 nitrogen and oxygen atoms in total. The Morgan fingerprint density at radius 3 is 2.94 bits per heavy atom. The minimum Gasteiger partial charge on any atom is -0.497 e. The maximum Gasteiger partial charge on any atom is 0.192 e. The molecule has 2 aliphatic rings. The van der Waals surface area contributed by atoms with Crippen molar-refractivity contribution < 1.29 is 9.47 Å². The summed E-state index contributed by atoms with van der Waals surface area (Å²) in [5, 5.41) is 15.5. The maximum absolute atomic E-state index is 5.78. The van der Waals surface area contributed by atoms with Crippen LogP contribution in [0.1, 0.15) is 37.3 Å². The highest BCUT2D eigenvalue weighted by Gasteiger charge is 2.22. The van der Waals surface area contributed by atoms with Crippen LogP contribution in [0.5, 0.6) is 5.75 Å². The molecule has 2 aliphatic heterocycles. The largest absolute Gasteiger partial charge is 0.497 e. The molecular weight excluding hydrogens is 406 g/mol. The van der Waals surface area contributed by atoms with Gasteiger partial charge in [0.25, 0.3) is 0 Å². The molecule has 1 aromatic carbocycles. The summed E-state index contributed by atoms with van der Waals surface area (Å²) in [7, 11) is 3.68. The van der Waals surface area contributed by atoms with Crippen molar-refractivity contribution in [3.05, 3.63) is 35.9 Å². The van der Waals surface area contributed by atoms with Crippen LogP contribution in [0.15, 0.2) is 29.3 Å². The number of nitrogens with zero attached hydrogens (tertiary/aromatic N) is 5. The molecule has 2 fully saturated rings. The standard InChI is InChI=1S/C23H35N7O2/c1-17-27-28-22(29(17)2)15-25-23(24-14-21-10-6-12-32-21)26-18-7-5-11-30(16-18)19-8-4-9-20(13-19)31-3/h4,8-9,13,18,21H,5-7,10-12,14-16H2,1-3H3,(H2,24,25,26). The zero-order valence-corrected chi connectivity index (χ0v) is 19.4. The van der Waals surface area contributed by atoms with E-state index in [1.807, 2.05) is 30.7 Å². The molecule has 0 amide bonds. The van der Waals surface area contributed by atoms with Crippen LogP contribution in [0.25, 0.3) is 0 Å². The Balaban J connectivity index is 1.42. The lowest BCUT2D eigenvalue weighted by atomic mass is 10.0. The average molecular weight is 442 g/mol. The van der Waals surface area contributed by atoms with E-state index in [-0.39, 0.29) is 6.10 Å². The molecule has 2 N–H and O–H groups in total. The highest BCUT2D eigenvalue weighted by atomic mass is 16.5. The van der Waals surface area contributed by atoms with Gasteiger partial charge in [-0.15, -0.1) is 10.2 Å². The third-order valence-corrected chi connectivity index (χ3v) is 6.26. The van der Waals surface area contributed by atoms with Gasteiger partial charge in [-0.25, -0.2) is 4.99 Å². The molecule has 9 heteroatoms. The second kappa shape index (κ2) is 10.7. The molecule has 3 heterocycles. The molecule has 4 rings (SSSR count). The summed E-state index contributed by atoms with van der Waals surface area (Å²) in [5.41, 5.74) is 1.19. The number of aryl methyl sites for hydroxylation is 1. The van der Waals surface area contributed by atoms with Crippen molar-refractivity contribution in [3.8, 4) is 5.75 Å². The minimum absolute atomic E-state index is 0.249. The number of methoxy groups -OCH3 is 1. The van der Waals surface area contributed by atoms with Crippen LogP contribution in [-0.4, -0.2) is 66.2 Å². The summed E-state index contributed by atoms with van der Waals surface area (Å²) < 4.78 is 13.2. The number of guanidine groups is 1. The van der Waals surface area contributed by atoms with Crippen molar-refractivity contribution in [2.24, 2.45) is 12.0 Å². The number of benzene rings is 1. The predicted octanol–water partition coefficient (Wildman–Crippen LogP) is 2.02. The number of hydrogen-bond acceptors (Lipinski definition) is 6. The van der Waals surface area contributed by atoms with Crippen LogP contribution in [0.4, 0.5) is 5.69 Å². The number of hydrogen-bond donors (Lipinski definition) is 2. The van der Waals surface area contributed by atoms with Crippen molar-refractivity contribution in [2.75, 3.05) is 38.3 Å². The average Bonchev–Trinajstić information content (AvgIpc) is 3.46. The second-order valence-corrected chi connectivity index (χ2v) is 8.53. The first-order chi connectivity index (χ1) is 15.6. The molecule has 1 aromatic heterocycles. The topological polar surface area (TPSA) is 88.8 Å². The number of rotatable bonds is 7. The van der Waals surface area contributed by atoms with E-state index in [4.69, 9.17) is 14.5 Å². The second-order valence-electron chi connectivity index (χ2n) is 8.53. The summed E-state index contributed by atoms with van der Waals surface area (Å²) >= 11 is 0. The minimum atomic E-state index is 0.249. The Kier molecular flexibility index (Phi) is 7.47. The number of aromatic nitrogens is 3. The van der Waals surface area contributed by atoms with Gasteiger partial charge in [-0.2, -0.15) is 0 Å². The van der Waals surface area contributed by atoms with Gasteiger partial charge in [-0.1, -0.05) is 6.07 Å². The SMILES string of the molecule is COc1cccc(N2CCCC(NC(=NCc3nnc(C)n3C)NCC3CCCO3)C2)c1. The lowest BCUT2D eigenvalue weighted by Gasteiger charge is -2.35. The number of piperidine rings is 1. The molecule has 2 unspecified atom stereocenters. The lowest BCUT2D eigenvalue weighted by molar-refractivity contribution is 0.113. The highest BCUT2D eigenvalue weighted by Crippen LogP contribution is 2.24. The van der Waals surface area contributed by atoms with Crippen LogP contribution in [-0.2, 0) is 18.3 Å². The van der Waals surface area contributed by atoms with Crippen molar-refractivity contribution in [1.82, 2.24) is 25.4 Å². The smallest absolute Gasteiger partial charge is 0.192 e. The fraction of sp³-hybridized carbons (Fsp3) is 0.609. The van der Waals surface area contributed by atoms with Gasteiger partial charge in [0.05, 0.1) is 13.2 Å². The Morgan fingerprint density at radius 1 is 1.28 bits per heavy atom. The van der Waals surface area contributed by atoms with E-state index in [0.29, 0.717) is 12.6 Å². The van der Waals surface area contributed by atoms with Gasteiger partial charge in [-0.05, 0) is 44.7 Å². The molecule has 0 radical (unpaired) electrons. The van der Waals surface area contributed by atoms with Gasteiger partial charge < -0.3 is 29.6 Å². The van der Waals surface area contributed by atoms with E-state index in [1.54, 1.807) is 7.11 Å². The lowest BCUT2D eigenvalue weighted by Crippen LogP contribution is -2.52. The molecule has 2 saturated heterocycles. The van der Waals surface area contributed by atoms with Gasteiger partial charge in [0.15, 0.2) is 11.8 Å². The summed E-state index contributed by atoms with van der Waals surface area (Å²) in [6, 6.07) is 8.57. The van der Waals surface area contributed by atoms with E-state index >= 15 is 0 Å². The van der Waals surface area contributed by atoms with Gasteiger partial charge in [0, 0.05) is 51.1 Å². The Bertz CT molecular complexity index is 907. The third-order valence-electron chi connectivity index (χ3n) is 6.26. The van der Waals surface area contributed by atoms with E-state index in [1.165, 1.54) is 5.69 Å². The first-order valence-electron chi connectivity index (χ1n) is 11.5. The van der Waals surface area contributed by atoms with Crippen molar-refractivity contribution in [2.45, 2.75) is 51.3 Å². The maximum atomic E-state index is 5.78. The summed E-state index contributed by atoms with van der Waals surface area (Å²) in [6.07, 6.45) is 4.69. The van der Waals surface area contributed by atoms with Crippen LogP contribution < -0.4 is 20.3 Å². The first-order valence-corrected chi connectivity index (χ1v) is 11.5. The Labute approximate surface area is 190 Å². The summed E-state index contributed by atoms with van der Waals surface area (Å²) in [5.74, 6) is 3.43. The van der Waals surface area contributed by atoms with E-state index in [9.17, 15) is 0 Å². The molecule has 32 heavy (non-hydrogen) atoms. The number of anilines is 1. The zero-order valence-electron chi connectivity index (χ0n) is 19.4. The quantitative estimate of drug-likeness (QED) is 0.502. The van der Waals surface area contributed by atoms with Crippen LogP contribution >= 0.6 is 0 Å². The van der Waals surface area contributed by atoms with Gasteiger partial charge in [0.1, 0.15) is 18.1 Å². The summed E-state index contributed by atoms with van der Waals surface area (Å²) in [4.78, 5) is 7.24. The van der Waals surface area contributed by atoms with Crippen molar-refractivity contribution >= 4 is 11.6 Å². The summed E-state index contributed by atoms with van der Waals surface area (Å²) in [6.45, 7) is 5.99. The predicted molar refractivity (Wildman–Crippen MR) is 125 cm³/mol. The van der Waals surface area contributed by atoms with E-state index < -0.39 is 0 Å². The van der Waals surface area contributed by atoms with Crippen molar-refractivity contribution in [3.63, 3.8) is 0 Å². The zero-order chi connectivity index (χ0) is 22.3. The van der Waals surface area contributed by atoms with Gasteiger partial charge >= 0.3 is 0 Å². The fourth-order valence-corrected chi connectivity index (χ4v) is 4.24. The normalized spacial score (nSPS) is 21.6. The van der Waals surface area contributed by atoms with Crippen LogP contribution in [0, 0.1) is 6.92 Å². The molecule has 0 bridgehead atoms. The monoisotopic (exact) mass is 441 g/mol. The molecule has 174 valence electrons.